The van der Waals surface area contributed by atoms with Gasteiger partial charge in [0.05, 0.1) is 29.0 Å². The summed E-state index contributed by atoms with van der Waals surface area (Å²) >= 11 is 3.42. The molecule has 1 aromatic heterocycles. The molecule has 1 saturated heterocycles. The molecule has 0 spiro atoms. The number of hydrogen-bond donors (Lipinski definition) is 2. The van der Waals surface area contributed by atoms with Crippen molar-refractivity contribution in [3.63, 3.8) is 0 Å². The first-order valence-electron chi connectivity index (χ1n) is 14.8. The molecule has 1 aliphatic rings. The number of benzene rings is 4. The Labute approximate surface area is 270 Å². The van der Waals surface area contributed by atoms with E-state index in [0.717, 1.165) is 49.0 Å². The van der Waals surface area contributed by atoms with Gasteiger partial charge in [-0.2, -0.15) is 0 Å². The maximum atomic E-state index is 11.8. The van der Waals surface area contributed by atoms with Crippen LogP contribution in [0.15, 0.2) is 114 Å². The van der Waals surface area contributed by atoms with E-state index in [1.807, 2.05) is 72.8 Å². The SMILES string of the molecule is C=CCOC(=O)NCc1cccc(-c2ccc([C@H]3O[C@@H](CSc4nc5ccccc5s4)C[C@@H](c4ccc(CO)cc4)O3)cc2)c1. The zero-order chi connectivity index (χ0) is 31.0. The van der Waals surface area contributed by atoms with Gasteiger partial charge < -0.3 is 24.6 Å². The fraction of sp³-hybridized carbons (Fsp3) is 0.222. The first kappa shape index (κ1) is 31.0. The van der Waals surface area contributed by atoms with Crippen molar-refractivity contribution in [2.75, 3.05) is 12.4 Å². The van der Waals surface area contributed by atoms with Gasteiger partial charge in [0.2, 0.25) is 0 Å². The van der Waals surface area contributed by atoms with Gasteiger partial charge in [-0.15, -0.1) is 11.3 Å². The van der Waals surface area contributed by atoms with E-state index >= 15 is 0 Å². The normalized spacial score (nSPS) is 18.0. The van der Waals surface area contributed by atoms with Crippen LogP contribution < -0.4 is 5.32 Å². The van der Waals surface area contributed by atoms with Gasteiger partial charge in [-0.1, -0.05) is 103 Å². The number of aliphatic hydroxyl groups excluding tert-OH is 1. The number of fused-ring (bicyclic) bond motifs is 1. The van der Waals surface area contributed by atoms with Crippen LogP contribution in [0.5, 0.6) is 0 Å². The van der Waals surface area contributed by atoms with Crippen LogP contribution in [-0.2, 0) is 27.4 Å². The van der Waals surface area contributed by atoms with Gasteiger partial charge >= 0.3 is 6.09 Å². The van der Waals surface area contributed by atoms with Crippen molar-refractivity contribution in [1.29, 1.82) is 0 Å². The summed E-state index contributed by atoms with van der Waals surface area (Å²) < 4.78 is 20.3. The third-order valence-electron chi connectivity index (χ3n) is 7.49. The number of nitrogens with zero attached hydrogens (tertiary/aromatic N) is 1. The maximum Gasteiger partial charge on any atom is 0.407 e. The average Bonchev–Trinajstić information content (AvgIpc) is 3.52. The van der Waals surface area contributed by atoms with Gasteiger partial charge in [0, 0.05) is 24.3 Å². The Kier molecular flexibility index (Phi) is 10.2. The van der Waals surface area contributed by atoms with Crippen LogP contribution in [-0.4, -0.2) is 34.6 Å². The predicted molar refractivity (Wildman–Crippen MR) is 179 cm³/mol. The minimum Gasteiger partial charge on any atom is -0.445 e. The molecule has 2 N–H and O–H groups in total. The van der Waals surface area contributed by atoms with Crippen molar-refractivity contribution < 1.29 is 24.1 Å². The Morgan fingerprint density at radius 2 is 1.78 bits per heavy atom. The van der Waals surface area contributed by atoms with Crippen LogP contribution >= 0.6 is 23.1 Å². The Balaban J connectivity index is 1.16. The summed E-state index contributed by atoms with van der Waals surface area (Å²) in [5.41, 5.74) is 6.94. The third kappa shape index (κ3) is 8.00. The third-order valence-corrected chi connectivity index (χ3v) is 9.81. The Hall–Kier alpha value is -3.99. The second kappa shape index (κ2) is 14.9. The fourth-order valence-electron chi connectivity index (χ4n) is 5.15. The van der Waals surface area contributed by atoms with E-state index in [4.69, 9.17) is 19.2 Å². The zero-order valence-electron chi connectivity index (χ0n) is 24.6. The van der Waals surface area contributed by atoms with Gasteiger partial charge in [0.25, 0.3) is 0 Å². The number of nitrogens with one attached hydrogen (secondary N) is 1. The molecule has 0 unspecified atom stereocenters. The molecule has 230 valence electrons. The number of carbonyl (C=O) groups is 1. The number of amides is 1. The molecule has 0 radical (unpaired) electrons. The molecule has 1 fully saturated rings. The second-order valence-corrected chi connectivity index (χ2v) is 13.0. The Morgan fingerprint density at radius 3 is 2.56 bits per heavy atom. The molecular weight excluding hydrogens is 605 g/mol. The number of aliphatic hydroxyl groups is 1. The number of carbonyl (C=O) groups excluding carboxylic acids is 1. The lowest BCUT2D eigenvalue weighted by Crippen LogP contribution is -2.31. The fourth-order valence-corrected chi connectivity index (χ4v) is 7.27. The highest BCUT2D eigenvalue weighted by Crippen LogP contribution is 2.40. The van der Waals surface area contributed by atoms with Gasteiger partial charge in [-0.05, 0) is 46.0 Å². The van der Waals surface area contributed by atoms with E-state index in [1.54, 1.807) is 23.1 Å². The summed E-state index contributed by atoms with van der Waals surface area (Å²) in [4.78, 5) is 16.6. The topological polar surface area (TPSA) is 89.9 Å². The van der Waals surface area contributed by atoms with Crippen LogP contribution in [0.3, 0.4) is 0 Å². The standard InChI is InChI=1S/C36H34N2O5S2/c1-2-18-41-35(40)37-21-25-6-5-7-29(19-25)26-14-16-28(17-15-26)34-42-30(20-32(43-34)27-12-10-24(22-39)11-13-27)23-44-36-38-31-8-3-4-9-33(31)45-36/h2-17,19,30,32,34,39H,1,18,20-23H2,(H,37,40)/t30-,32+,34+/m1/s1. The molecule has 9 heteroatoms. The van der Waals surface area contributed by atoms with Crippen molar-refractivity contribution >= 4 is 39.4 Å². The number of thioether (sulfide) groups is 1. The van der Waals surface area contributed by atoms with Crippen molar-refractivity contribution in [3.8, 4) is 11.1 Å². The summed E-state index contributed by atoms with van der Waals surface area (Å²) in [7, 11) is 0. The van der Waals surface area contributed by atoms with E-state index < -0.39 is 12.4 Å². The maximum absolute atomic E-state index is 11.8. The molecule has 0 aliphatic carbocycles. The second-order valence-electron chi connectivity index (χ2n) is 10.7. The summed E-state index contributed by atoms with van der Waals surface area (Å²) in [6, 6.07) is 32.4. The van der Waals surface area contributed by atoms with Crippen LogP contribution in [0.2, 0.25) is 0 Å². The van der Waals surface area contributed by atoms with Crippen LogP contribution in [0.1, 0.15) is 41.1 Å². The first-order valence-corrected chi connectivity index (χ1v) is 16.6. The monoisotopic (exact) mass is 638 g/mol. The lowest BCUT2D eigenvalue weighted by atomic mass is 9.99. The van der Waals surface area contributed by atoms with Crippen molar-refractivity contribution in [3.05, 3.63) is 132 Å². The number of rotatable bonds is 11. The molecule has 4 aromatic carbocycles. The lowest BCUT2D eigenvalue weighted by Gasteiger charge is -2.36. The number of thiazole rings is 1. The number of hydrogen-bond acceptors (Lipinski definition) is 8. The summed E-state index contributed by atoms with van der Waals surface area (Å²) in [6.07, 6.45) is 1.04. The molecule has 5 aromatic rings. The minimum absolute atomic E-state index is 0.00696. The molecule has 7 nitrogen and oxygen atoms in total. The largest absolute Gasteiger partial charge is 0.445 e. The van der Waals surface area contributed by atoms with Gasteiger partial charge in [-0.25, -0.2) is 9.78 Å². The molecule has 2 heterocycles. The van der Waals surface area contributed by atoms with Crippen molar-refractivity contribution in [2.45, 2.75) is 42.4 Å². The summed E-state index contributed by atoms with van der Waals surface area (Å²) in [6.45, 7) is 4.10. The van der Waals surface area contributed by atoms with Gasteiger partial charge in [0.1, 0.15) is 6.61 Å². The minimum atomic E-state index is -0.534. The molecule has 3 atom stereocenters. The lowest BCUT2D eigenvalue weighted by molar-refractivity contribution is -0.245. The Bertz CT molecular complexity index is 1710. The highest BCUT2D eigenvalue weighted by atomic mass is 32.2. The molecule has 6 rings (SSSR count). The van der Waals surface area contributed by atoms with E-state index in [-0.39, 0.29) is 25.4 Å². The average molecular weight is 639 g/mol. The zero-order valence-corrected chi connectivity index (χ0v) is 26.3. The van der Waals surface area contributed by atoms with E-state index in [1.165, 1.54) is 10.8 Å². The van der Waals surface area contributed by atoms with Crippen molar-refractivity contribution in [1.82, 2.24) is 10.3 Å². The summed E-state index contributed by atoms with van der Waals surface area (Å²) in [5, 5.41) is 12.3. The van der Waals surface area contributed by atoms with E-state index in [0.29, 0.717) is 13.0 Å². The van der Waals surface area contributed by atoms with E-state index in [9.17, 15) is 9.90 Å². The molecule has 0 bridgehead atoms. The van der Waals surface area contributed by atoms with E-state index in [2.05, 4.69) is 36.2 Å². The molecule has 1 aliphatic heterocycles. The number of ether oxygens (including phenoxy) is 3. The molecule has 0 saturated carbocycles. The summed E-state index contributed by atoms with van der Waals surface area (Å²) in [5.74, 6) is 0.755. The highest BCUT2D eigenvalue weighted by molar-refractivity contribution is 8.01. The van der Waals surface area contributed by atoms with Crippen LogP contribution in [0.4, 0.5) is 4.79 Å². The highest BCUT2D eigenvalue weighted by Gasteiger charge is 2.32. The van der Waals surface area contributed by atoms with Gasteiger partial charge in [0.15, 0.2) is 10.6 Å². The van der Waals surface area contributed by atoms with Crippen LogP contribution in [0.25, 0.3) is 21.3 Å². The van der Waals surface area contributed by atoms with Crippen molar-refractivity contribution in [2.24, 2.45) is 0 Å². The molecule has 45 heavy (non-hydrogen) atoms. The first-order chi connectivity index (χ1) is 22.1. The molecule has 1 amide bonds. The van der Waals surface area contributed by atoms with Crippen LogP contribution in [0, 0.1) is 0 Å². The van der Waals surface area contributed by atoms with Gasteiger partial charge in [-0.3, -0.25) is 0 Å². The predicted octanol–water partition coefficient (Wildman–Crippen LogP) is 8.21. The number of alkyl carbamates (subject to hydrolysis) is 1. The quantitative estimate of drug-likeness (QED) is 0.111. The Morgan fingerprint density at radius 1 is 0.978 bits per heavy atom. The smallest absolute Gasteiger partial charge is 0.407 e. The number of aromatic nitrogens is 1. The number of para-hydroxylation sites is 1. The molecular formula is C36H34N2O5S2.